The van der Waals surface area contributed by atoms with Crippen molar-refractivity contribution in [1.82, 2.24) is 9.80 Å². The van der Waals surface area contributed by atoms with Gasteiger partial charge in [-0.05, 0) is 71.1 Å². The molecule has 1 saturated heterocycles. The van der Waals surface area contributed by atoms with Crippen molar-refractivity contribution in [3.63, 3.8) is 0 Å². The summed E-state index contributed by atoms with van der Waals surface area (Å²) in [6, 6.07) is 0.678. The molecular weight excluding hydrogens is 459 g/mol. The molecule has 0 aliphatic carbocycles. The molecule has 35 heavy (non-hydrogen) atoms. The van der Waals surface area contributed by atoms with Gasteiger partial charge in [-0.1, -0.05) is 84.3 Å². The smallest absolute Gasteiger partial charge is 0.302 e. The molecule has 1 rings (SSSR count). The Hall–Kier alpha value is -0.230. The number of piperidine rings is 1. The van der Waals surface area contributed by atoms with Crippen molar-refractivity contribution in [1.29, 1.82) is 0 Å². The maximum absolute atomic E-state index is 12.1. The van der Waals surface area contributed by atoms with Crippen molar-refractivity contribution in [2.75, 3.05) is 45.9 Å². The van der Waals surface area contributed by atoms with E-state index in [1.165, 1.54) is 96.6 Å². The molecule has 7 heteroatoms. The molecule has 1 heterocycles. The fourth-order valence-corrected chi connectivity index (χ4v) is 5.50. The summed E-state index contributed by atoms with van der Waals surface area (Å²) in [5.41, 5.74) is 0. The van der Waals surface area contributed by atoms with E-state index in [1.807, 2.05) is 6.08 Å². The third-order valence-corrected chi connectivity index (χ3v) is 8.03. The van der Waals surface area contributed by atoms with Gasteiger partial charge in [-0.15, -0.1) is 0 Å². The highest BCUT2D eigenvalue weighted by Gasteiger charge is 2.25. The van der Waals surface area contributed by atoms with Crippen LogP contribution in [0.15, 0.2) is 12.2 Å². The first-order valence-electron chi connectivity index (χ1n) is 14.8. The first-order chi connectivity index (χ1) is 17.0. The topological polar surface area (TPSA) is 62.2 Å². The maximum atomic E-state index is 12.1. The second kappa shape index (κ2) is 21.8. The number of nitrogens with zero attached hydrogens (tertiary/aromatic N) is 2. The Balaban J connectivity index is 2.24. The number of phosphoric ester groups is 1. The van der Waals surface area contributed by atoms with Crippen molar-refractivity contribution in [2.45, 2.75) is 123 Å². The molecule has 0 saturated carbocycles. The molecule has 0 radical (unpaired) electrons. The zero-order chi connectivity index (χ0) is 25.6. The van der Waals surface area contributed by atoms with E-state index in [0.717, 1.165) is 19.5 Å². The van der Waals surface area contributed by atoms with Gasteiger partial charge in [-0.3, -0.25) is 9.05 Å². The number of hydrogen-bond donors (Lipinski definition) is 1. The average Bonchev–Trinajstić information content (AvgIpc) is 2.85. The van der Waals surface area contributed by atoms with Crippen LogP contribution in [0.1, 0.15) is 117 Å². The standard InChI is InChI=1S/C28H57N2O4P/c1-4-7-10-13-14-15-18-26-33-35(31,32)34-27-25-29-23-19-28(20-24-29)30(21-16-11-8-5-2)22-17-12-9-6-3/h14-15,28H,4-13,16-27H2,1-3H3,(H,31,32). The number of hydrogen-bond acceptors (Lipinski definition) is 5. The highest BCUT2D eigenvalue weighted by molar-refractivity contribution is 7.47. The van der Waals surface area contributed by atoms with Crippen LogP contribution in [0.3, 0.4) is 0 Å². The number of allylic oxidation sites excluding steroid dienone is 1. The van der Waals surface area contributed by atoms with Crippen LogP contribution in [0.5, 0.6) is 0 Å². The van der Waals surface area contributed by atoms with E-state index in [9.17, 15) is 9.46 Å². The van der Waals surface area contributed by atoms with E-state index in [2.05, 4.69) is 36.6 Å². The minimum atomic E-state index is -3.96. The van der Waals surface area contributed by atoms with E-state index in [0.29, 0.717) is 19.0 Å². The predicted octanol–water partition coefficient (Wildman–Crippen LogP) is 7.57. The third-order valence-electron chi connectivity index (χ3n) is 7.01. The fraction of sp³-hybridized carbons (Fsp3) is 0.929. The Morgan fingerprint density at radius 2 is 1.34 bits per heavy atom. The molecule has 0 aromatic carbocycles. The van der Waals surface area contributed by atoms with Crippen LogP contribution in [-0.2, 0) is 13.6 Å². The van der Waals surface area contributed by atoms with Gasteiger partial charge in [0.1, 0.15) is 0 Å². The zero-order valence-electron chi connectivity index (χ0n) is 23.3. The Morgan fingerprint density at radius 1 is 0.800 bits per heavy atom. The van der Waals surface area contributed by atoms with Gasteiger partial charge in [-0.2, -0.15) is 0 Å². The maximum Gasteiger partial charge on any atom is 0.472 e. The molecular formula is C28H57N2O4P. The van der Waals surface area contributed by atoms with Crippen LogP contribution in [0, 0.1) is 0 Å². The molecule has 6 nitrogen and oxygen atoms in total. The SMILES string of the molecule is CCCCCC=CCCOP(=O)(O)OCCN1CCC(N(CCCCCC)CCCCCC)CC1. The Kier molecular flexibility index (Phi) is 20.4. The normalized spacial score (nSPS) is 17.5. The molecule has 0 aromatic heterocycles. The Labute approximate surface area is 217 Å². The van der Waals surface area contributed by atoms with Crippen LogP contribution in [-0.4, -0.2) is 66.7 Å². The van der Waals surface area contributed by atoms with Crippen LogP contribution in [0.25, 0.3) is 0 Å². The number of unbranched alkanes of at least 4 members (excludes halogenated alkanes) is 9. The summed E-state index contributed by atoms with van der Waals surface area (Å²) in [5, 5.41) is 0. The molecule has 1 atom stereocenters. The van der Waals surface area contributed by atoms with Crippen LogP contribution in [0.4, 0.5) is 0 Å². The van der Waals surface area contributed by atoms with Gasteiger partial charge >= 0.3 is 7.82 Å². The van der Waals surface area contributed by atoms with Gasteiger partial charge in [0.2, 0.25) is 0 Å². The van der Waals surface area contributed by atoms with Crippen molar-refractivity contribution >= 4 is 7.82 Å². The largest absolute Gasteiger partial charge is 0.472 e. The van der Waals surface area contributed by atoms with E-state index < -0.39 is 7.82 Å². The molecule has 0 bridgehead atoms. The summed E-state index contributed by atoms with van der Waals surface area (Å²) in [7, 11) is -3.96. The second-order valence-electron chi connectivity index (χ2n) is 10.1. The lowest BCUT2D eigenvalue weighted by atomic mass is 10.0. The monoisotopic (exact) mass is 516 g/mol. The number of phosphoric acid groups is 1. The molecule has 1 aliphatic heterocycles. The summed E-state index contributed by atoms with van der Waals surface area (Å²) < 4.78 is 22.5. The van der Waals surface area contributed by atoms with E-state index in [1.54, 1.807) is 0 Å². The lowest BCUT2D eigenvalue weighted by Gasteiger charge is -2.38. The summed E-state index contributed by atoms with van der Waals surface area (Å²) in [4.78, 5) is 15.1. The lowest BCUT2D eigenvalue weighted by molar-refractivity contribution is 0.0864. The van der Waals surface area contributed by atoms with Crippen molar-refractivity contribution < 1.29 is 18.5 Å². The molecule has 1 fully saturated rings. The van der Waals surface area contributed by atoms with Gasteiger partial charge in [0.15, 0.2) is 0 Å². The summed E-state index contributed by atoms with van der Waals surface area (Å²) in [5.74, 6) is 0. The number of rotatable bonds is 23. The van der Waals surface area contributed by atoms with Gasteiger partial charge in [0.25, 0.3) is 0 Å². The van der Waals surface area contributed by atoms with E-state index in [-0.39, 0.29) is 13.2 Å². The first-order valence-corrected chi connectivity index (χ1v) is 16.2. The van der Waals surface area contributed by atoms with Crippen molar-refractivity contribution in [2.24, 2.45) is 0 Å². The Morgan fingerprint density at radius 3 is 1.94 bits per heavy atom. The molecule has 0 aromatic rings. The molecule has 0 amide bonds. The minimum absolute atomic E-state index is 0.218. The highest BCUT2D eigenvalue weighted by atomic mass is 31.2. The van der Waals surface area contributed by atoms with E-state index in [4.69, 9.17) is 9.05 Å². The van der Waals surface area contributed by atoms with Gasteiger partial charge in [0, 0.05) is 12.6 Å². The third kappa shape index (κ3) is 17.8. The minimum Gasteiger partial charge on any atom is -0.302 e. The average molecular weight is 517 g/mol. The molecule has 0 spiro atoms. The van der Waals surface area contributed by atoms with Crippen LogP contribution < -0.4 is 0 Å². The fourth-order valence-electron chi connectivity index (χ4n) is 4.77. The summed E-state index contributed by atoms with van der Waals surface area (Å²) >= 11 is 0. The van der Waals surface area contributed by atoms with Gasteiger partial charge in [-0.25, -0.2) is 4.57 Å². The lowest BCUT2D eigenvalue weighted by Crippen LogP contribution is -2.46. The van der Waals surface area contributed by atoms with Crippen molar-refractivity contribution in [3.05, 3.63) is 12.2 Å². The highest BCUT2D eigenvalue weighted by Crippen LogP contribution is 2.43. The van der Waals surface area contributed by atoms with Crippen molar-refractivity contribution in [3.8, 4) is 0 Å². The number of likely N-dealkylation sites (tertiary alicyclic amines) is 1. The second-order valence-corrected chi connectivity index (χ2v) is 11.6. The molecule has 208 valence electrons. The van der Waals surface area contributed by atoms with Gasteiger partial charge < -0.3 is 14.7 Å². The Bertz CT molecular complexity index is 541. The predicted molar refractivity (Wildman–Crippen MR) is 149 cm³/mol. The summed E-state index contributed by atoms with van der Waals surface area (Å²) in [6.45, 7) is 12.4. The van der Waals surface area contributed by atoms with Gasteiger partial charge in [0.05, 0.1) is 13.2 Å². The van der Waals surface area contributed by atoms with E-state index >= 15 is 0 Å². The molecule has 1 aliphatic rings. The van der Waals surface area contributed by atoms with Crippen LogP contribution in [0.2, 0.25) is 0 Å². The summed E-state index contributed by atoms with van der Waals surface area (Å²) in [6.07, 6.45) is 22.5. The molecule has 1 unspecified atom stereocenters. The first kappa shape index (κ1) is 32.8. The van der Waals surface area contributed by atoms with Crippen LogP contribution >= 0.6 is 7.82 Å². The molecule has 1 N–H and O–H groups in total. The zero-order valence-corrected chi connectivity index (χ0v) is 24.2. The quantitative estimate of drug-likeness (QED) is 0.0858.